The topological polar surface area (TPSA) is 43.8 Å². The monoisotopic (exact) mass is 330 g/mol. The zero-order valence-corrected chi connectivity index (χ0v) is 13.2. The predicted molar refractivity (Wildman–Crippen MR) is 81.3 cm³/mol. The van der Waals surface area contributed by atoms with E-state index >= 15 is 0 Å². The summed E-state index contributed by atoms with van der Waals surface area (Å²) >= 11 is 0. The third-order valence-electron chi connectivity index (χ3n) is 4.23. The summed E-state index contributed by atoms with van der Waals surface area (Å²) in [6.07, 6.45) is -5.44. The fourth-order valence-corrected chi connectivity index (χ4v) is 2.71. The maximum absolute atomic E-state index is 12.7. The van der Waals surface area contributed by atoms with E-state index in [9.17, 15) is 18.0 Å². The van der Waals surface area contributed by atoms with Gasteiger partial charge in [-0.3, -0.25) is 9.69 Å². The zero-order chi connectivity index (χ0) is 17.2. The highest BCUT2D eigenvalue weighted by Gasteiger charge is 2.40. The Bertz CT molecular complexity index is 563. The number of rotatable bonds is 4. The molecule has 7 heteroatoms. The first-order valence-corrected chi connectivity index (χ1v) is 7.56. The molecule has 0 bridgehead atoms. The summed E-state index contributed by atoms with van der Waals surface area (Å²) in [5.74, 6) is -0.256. The highest BCUT2D eigenvalue weighted by molar-refractivity contribution is 5.97. The number of nitrogens with zero attached hydrogens (tertiary/aromatic N) is 2. The number of amides is 1. The number of carbonyl (C=O) groups excluding carboxylic acids is 1. The van der Waals surface area contributed by atoms with Crippen LogP contribution in [-0.2, 0) is 11.2 Å². The first kappa shape index (κ1) is 17.7. The second kappa shape index (κ2) is 6.88. The van der Waals surface area contributed by atoms with E-state index in [1.165, 1.54) is 11.9 Å². The number of aliphatic hydroxyl groups excluding tert-OH is 1. The number of para-hydroxylation sites is 1. The fourth-order valence-electron chi connectivity index (χ4n) is 2.71. The molecule has 1 heterocycles. The van der Waals surface area contributed by atoms with Crippen molar-refractivity contribution in [2.45, 2.75) is 38.1 Å². The van der Waals surface area contributed by atoms with Crippen LogP contribution in [0.15, 0.2) is 24.3 Å². The Morgan fingerprint density at radius 2 is 2.04 bits per heavy atom. The number of aryl methyl sites for hydroxylation is 1. The lowest BCUT2D eigenvalue weighted by Crippen LogP contribution is -2.50. The van der Waals surface area contributed by atoms with Crippen LogP contribution in [0, 0.1) is 0 Å². The van der Waals surface area contributed by atoms with Crippen LogP contribution in [0.1, 0.15) is 18.9 Å². The first-order valence-electron chi connectivity index (χ1n) is 7.56. The number of likely N-dealkylation sites (N-methyl/N-ethyl adjacent to an activating group) is 1. The van der Waals surface area contributed by atoms with Crippen molar-refractivity contribution in [1.29, 1.82) is 0 Å². The highest BCUT2D eigenvalue weighted by Crippen LogP contribution is 2.28. The van der Waals surface area contributed by atoms with Crippen molar-refractivity contribution in [3.05, 3.63) is 29.8 Å². The van der Waals surface area contributed by atoms with Gasteiger partial charge in [-0.25, -0.2) is 0 Å². The molecule has 1 amide bonds. The molecule has 0 radical (unpaired) electrons. The smallest absolute Gasteiger partial charge is 0.382 e. The molecule has 1 aliphatic heterocycles. The van der Waals surface area contributed by atoms with Gasteiger partial charge in [-0.2, -0.15) is 13.2 Å². The van der Waals surface area contributed by atoms with Gasteiger partial charge in [0.05, 0.1) is 6.04 Å². The van der Waals surface area contributed by atoms with E-state index in [0.717, 1.165) is 24.1 Å². The van der Waals surface area contributed by atoms with Gasteiger partial charge in [0.15, 0.2) is 6.10 Å². The SMILES string of the molecule is CC(C(=O)N1CCCc2ccccc21)N(C)CC(O)C(F)(F)F. The van der Waals surface area contributed by atoms with Gasteiger partial charge in [0.1, 0.15) is 0 Å². The number of carbonyl (C=O) groups is 1. The number of anilines is 1. The lowest BCUT2D eigenvalue weighted by atomic mass is 10.0. The van der Waals surface area contributed by atoms with Crippen LogP contribution in [0.2, 0.25) is 0 Å². The number of benzene rings is 1. The number of fused-ring (bicyclic) bond motifs is 1. The zero-order valence-electron chi connectivity index (χ0n) is 13.2. The van der Waals surface area contributed by atoms with Crippen LogP contribution in [0.4, 0.5) is 18.9 Å². The molecule has 0 aliphatic carbocycles. The third kappa shape index (κ3) is 4.03. The predicted octanol–water partition coefficient (Wildman–Crippen LogP) is 2.21. The second-order valence-corrected chi connectivity index (χ2v) is 5.90. The van der Waals surface area contributed by atoms with E-state index in [4.69, 9.17) is 5.11 Å². The van der Waals surface area contributed by atoms with E-state index < -0.39 is 24.9 Å². The standard InChI is InChI=1S/C16H21F3N2O2/c1-11(20(2)10-14(22)16(17,18)19)15(23)21-9-5-7-12-6-3-4-8-13(12)21/h3-4,6,8,11,14,22H,5,7,9-10H2,1-2H3. The lowest BCUT2D eigenvalue weighted by Gasteiger charge is -2.34. The molecule has 2 unspecified atom stereocenters. The van der Waals surface area contributed by atoms with Crippen LogP contribution in [0.5, 0.6) is 0 Å². The van der Waals surface area contributed by atoms with E-state index in [2.05, 4.69) is 0 Å². The average molecular weight is 330 g/mol. The quantitative estimate of drug-likeness (QED) is 0.920. The van der Waals surface area contributed by atoms with Gasteiger partial charge in [0.25, 0.3) is 0 Å². The van der Waals surface area contributed by atoms with Gasteiger partial charge in [0, 0.05) is 18.8 Å². The van der Waals surface area contributed by atoms with Crippen molar-refractivity contribution in [3.63, 3.8) is 0 Å². The van der Waals surface area contributed by atoms with Crippen LogP contribution in [-0.4, -0.2) is 54.4 Å². The molecule has 1 N–H and O–H groups in total. The summed E-state index contributed by atoms with van der Waals surface area (Å²) < 4.78 is 37.4. The maximum atomic E-state index is 12.7. The van der Waals surface area contributed by atoms with E-state index in [1.807, 2.05) is 24.3 Å². The van der Waals surface area contributed by atoms with E-state index in [1.54, 1.807) is 11.8 Å². The Morgan fingerprint density at radius 3 is 2.70 bits per heavy atom. The molecule has 0 fully saturated rings. The average Bonchev–Trinajstić information content (AvgIpc) is 2.51. The van der Waals surface area contributed by atoms with Crippen molar-refractivity contribution in [2.24, 2.45) is 0 Å². The van der Waals surface area contributed by atoms with Crippen LogP contribution in [0.3, 0.4) is 0 Å². The molecule has 0 aromatic heterocycles. The summed E-state index contributed by atoms with van der Waals surface area (Å²) in [5.41, 5.74) is 1.89. The van der Waals surface area contributed by atoms with Gasteiger partial charge < -0.3 is 10.0 Å². The van der Waals surface area contributed by atoms with Gasteiger partial charge in [-0.15, -0.1) is 0 Å². The molecular weight excluding hydrogens is 309 g/mol. The number of aliphatic hydroxyl groups is 1. The van der Waals surface area contributed by atoms with Gasteiger partial charge in [-0.1, -0.05) is 18.2 Å². The minimum Gasteiger partial charge on any atom is -0.382 e. The molecule has 4 nitrogen and oxygen atoms in total. The van der Waals surface area contributed by atoms with Gasteiger partial charge >= 0.3 is 6.18 Å². The van der Waals surface area contributed by atoms with Crippen molar-refractivity contribution in [2.75, 3.05) is 25.0 Å². The Balaban J connectivity index is 2.08. The number of hydrogen-bond donors (Lipinski definition) is 1. The van der Waals surface area contributed by atoms with Crippen molar-refractivity contribution >= 4 is 11.6 Å². The van der Waals surface area contributed by atoms with Crippen LogP contribution < -0.4 is 4.90 Å². The molecule has 0 saturated carbocycles. The summed E-state index contributed by atoms with van der Waals surface area (Å²) in [6.45, 7) is 1.48. The molecule has 2 atom stereocenters. The summed E-state index contributed by atoms with van der Waals surface area (Å²) in [7, 11) is 1.41. The normalized spacial score (nSPS) is 17.8. The molecule has 0 spiro atoms. The molecular formula is C16H21F3N2O2. The van der Waals surface area contributed by atoms with Crippen molar-refractivity contribution in [3.8, 4) is 0 Å². The largest absolute Gasteiger partial charge is 0.415 e. The molecule has 1 aromatic rings. The first-order chi connectivity index (χ1) is 10.7. The van der Waals surface area contributed by atoms with Crippen molar-refractivity contribution < 1.29 is 23.1 Å². The number of hydrogen-bond acceptors (Lipinski definition) is 3. The van der Waals surface area contributed by atoms with E-state index in [0.29, 0.717) is 6.54 Å². The number of halogens is 3. The van der Waals surface area contributed by atoms with E-state index in [-0.39, 0.29) is 5.91 Å². The molecule has 128 valence electrons. The maximum Gasteiger partial charge on any atom is 0.415 e. The van der Waals surface area contributed by atoms with Crippen LogP contribution in [0.25, 0.3) is 0 Å². The minimum atomic E-state index is -4.69. The minimum absolute atomic E-state index is 0.256. The third-order valence-corrected chi connectivity index (χ3v) is 4.23. The summed E-state index contributed by atoms with van der Waals surface area (Å²) in [6, 6.07) is 6.80. The van der Waals surface area contributed by atoms with Gasteiger partial charge in [-0.05, 0) is 38.4 Å². The highest BCUT2D eigenvalue weighted by atomic mass is 19.4. The summed E-state index contributed by atoms with van der Waals surface area (Å²) in [5, 5.41) is 9.16. The molecule has 2 rings (SSSR count). The van der Waals surface area contributed by atoms with Gasteiger partial charge in [0.2, 0.25) is 5.91 Å². The second-order valence-electron chi connectivity index (χ2n) is 5.90. The molecule has 23 heavy (non-hydrogen) atoms. The van der Waals surface area contributed by atoms with Crippen LogP contribution >= 0.6 is 0 Å². The molecule has 1 aliphatic rings. The Morgan fingerprint density at radius 1 is 1.39 bits per heavy atom. The lowest BCUT2D eigenvalue weighted by molar-refractivity contribution is -0.208. The molecule has 0 saturated heterocycles. The van der Waals surface area contributed by atoms with Crippen molar-refractivity contribution in [1.82, 2.24) is 4.90 Å². The molecule has 1 aromatic carbocycles. The Hall–Kier alpha value is -1.60. The summed E-state index contributed by atoms with van der Waals surface area (Å²) in [4.78, 5) is 15.5. The Labute approximate surface area is 133 Å². The fraction of sp³-hybridized carbons (Fsp3) is 0.562. The Kier molecular flexibility index (Phi) is 5.31. The number of alkyl halides is 3.